The van der Waals surface area contributed by atoms with E-state index < -0.39 is 17.8 Å². The van der Waals surface area contributed by atoms with Crippen LogP contribution in [0.15, 0.2) is 42.7 Å². The SMILES string of the molecule is CC[C@H](CO)N(Cc1cccnc1)C(=O)c1cc(F)cc(C#N)c1. The predicted molar refractivity (Wildman–Crippen MR) is 86.4 cm³/mol. The van der Waals surface area contributed by atoms with Gasteiger partial charge < -0.3 is 10.0 Å². The lowest BCUT2D eigenvalue weighted by Gasteiger charge is -2.30. The maximum Gasteiger partial charge on any atom is 0.254 e. The highest BCUT2D eigenvalue weighted by Gasteiger charge is 2.24. The molecule has 1 heterocycles. The highest BCUT2D eigenvalue weighted by atomic mass is 19.1. The Morgan fingerprint density at radius 3 is 2.83 bits per heavy atom. The normalized spacial score (nSPS) is 11.6. The summed E-state index contributed by atoms with van der Waals surface area (Å²) in [4.78, 5) is 18.3. The van der Waals surface area contributed by atoms with Gasteiger partial charge in [0, 0.05) is 24.5 Å². The van der Waals surface area contributed by atoms with Crippen molar-refractivity contribution in [1.82, 2.24) is 9.88 Å². The number of hydrogen-bond acceptors (Lipinski definition) is 4. The summed E-state index contributed by atoms with van der Waals surface area (Å²) in [5, 5.41) is 18.5. The average Bonchev–Trinajstić information content (AvgIpc) is 2.61. The zero-order valence-electron chi connectivity index (χ0n) is 13.3. The lowest BCUT2D eigenvalue weighted by molar-refractivity contribution is 0.0563. The van der Waals surface area contributed by atoms with Crippen LogP contribution in [0.1, 0.15) is 34.8 Å². The molecule has 1 N–H and O–H groups in total. The molecule has 1 aromatic heterocycles. The maximum absolute atomic E-state index is 13.6. The Morgan fingerprint density at radius 1 is 1.46 bits per heavy atom. The molecule has 24 heavy (non-hydrogen) atoms. The first-order valence-electron chi connectivity index (χ1n) is 7.60. The highest BCUT2D eigenvalue weighted by Crippen LogP contribution is 2.17. The van der Waals surface area contributed by atoms with Crippen LogP contribution in [0.5, 0.6) is 0 Å². The van der Waals surface area contributed by atoms with Gasteiger partial charge in [-0.2, -0.15) is 5.26 Å². The van der Waals surface area contributed by atoms with E-state index in [0.717, 1.165) is 17.7 Å². The molecular weight excluding hydrogens is 309 g/mol. The van der Waals surface area contributed by atoms with E-state index in [-0.39, 0.29) is 24.3 Å². The Hall–Kier alpha value is -2.78. The van der Waals surface area contributed by atoms with Crippen LogP contribution in [0, 0.1) is 17.1 Å². The zero-order chi connectivity index (χ0) is 17.5. The van der Waals surface area contributed by atoms with Gasteiger partial charge in [-0.25, -0.2) is 4.39 Å². The molecule has 1 amide bonds. The van der Waals surface area contributed by atoms with Crippen molar-refractivity contribution >= 4 is 5.91 Å². The van der Waals surface area contributed by atoms with Gasteiger partial charge in [-0.1, -0.05) is 13.0 Å². The number of aliphatic hydroxyl groups is 1. The molecule has 0 bridgehead atoms. The van der Waals surface area contributed by atoms with Crippen molar-refractivity contribution in [2.75, 3.05) is 6.61 Å². The number of hydrogen-bond donors (Lipinski definition) is 1. The molecule has 6 heteroatoms. The second-order valence-electron chi connectivity index (χ2n) is 5.38. The van der Waals surface area contributed by atoms with Crippen molar-refractivity contribution in [3.05, 3.63) is 65.2 Å². The van der Waals surface area contributed by atoms with Gasteiger partial charge in [-0.3, -0.25) is 9.78 Å². The number of benzene rings is 1. The lowest BCUT2D eigenvalue weighted by atomic mass is 10.1. The van der Waals surface area contributed by atoms with Gasteiger partial charge >= 0.3 is 0 Å². The third kappa shape index (κ3) is 4.15. The van der Waals surface area contributed by atoms with Crippen molar-refractivity contribution in [3.8, 4) is 6.07 Å². The first-order valence-corrected chi connectivity index (χ1v) is 7.60. The number of carbonyl (C=O) groups is 1. The molecule has 0 unspecified atom stereocenters. The Balaban J connectivity index is 2.37. The third-order valence-corrected chi connectivity index (χ3v) is 3.73. The number of amides is 1. The minimum absolute atomic E-state index is 0.0803. The monoisotopic (exact) mass is 327 g/mol. The van der Waals surface area contributed by atoms with E-state index >= 15 is 0 Å². The Bertz CT molecular complexity index is 740. The molecule has 5 nitrogen and oxygen atoms in total. The van der Waals surface area contributed by atoms with Crippen LogP contribution in [0.3, 0.4) is 0 Å². The Kier molecular flexibility index (Phi) is 5.99. The topological polar surface area (TPSA) is 77.2 Å². The van der Waals surface area contributed by atoms with E-state index in [1.165, 1.54) is 11.0 Å². The average molecular weight is 327 g/mol. The van der Waals surface area contributed by atoms with Crippen molar-refractivity contribution in [2.45, 2.75) is 25.9 Å². The fourth-order valence-corrected chi connectivity index (χ4v) is 2.45. The number of aliphatic hydroxyl groups excluding tert-OH is 1. The van der Waals surface area contributed by atoms with Crippen molar-refractivity contribution in [2.24, 2.45) is 0 Å². The standard InChI is InChI=1S/C18H18FN3O2/c1-2-17(12-23)22(11-13-4-3-5-21-10-13)18(24)15-6-14(9-20)7-16(19)8-15/h3-8,10,17,23H,2,11-12H2,1H3/t17-/m1/s1. The second-order valence-corrected chi connectivity index (χ2v) is 5.38. The van der Waals surface area contributed by atoms with Gasteiger partial charge in [0.05, 0.1) is 24.3 Å². The van der Waals surface area contributed by atoms with Crippen LogP contribution >= 0.6 is 0 Å². The van der Waals surface area contributed by atoms with Gasteiger partial charge in [0.2, 0.25) is 0 Å². The molecule has 0 radical (unpaired) electrons. The Labute approximate surface area is 140 Å². The van der Waals surface area contributed by atoms with Crippen LogP contribution < -0.4 is 0 Å². The smallest absolute Gasteiger partial charge is 0.254 e. The molecule has 0 fully saturated rings. The summed E-state index contributed by atoms with van der Waals surface area (Å²) in [5.41, 5.74) is 0.966. The van der Waals surface area contributed by atoms with Crippen LogP contribution in [0.25, 0.3) is 0 Å². The van der Waals surface area contributed by atoms with Crippen LogP contribution in [0.2, 0.25) is 0 Å². The second kappa shape index (κ2) is 8.18. The molecule has 0 saturated heterocycles. The molecule has 0 aliphatic carbocycles. The predicted octanol–water partition coefficient (Wildman–Crippen LogP) is 2.51. The number of carbonyl (C=O) groups excluding carboxylic acids is 1. The summed E-state index contributed by atoms with van der Waals surface area (Å²) in [6, 6.07) is 8.54. The van der Waals surface area contributed by atoms with Gasteiger partial charge in [0.1, 0.15) is 5.82 Å². The van der Waals surface area contributed by atoms with E-state index in [1.54, 1.807) is 18.5 Å². The molecule has 0 aliphatic rings. The molecule has 0 aliphatic heterocycles. The number of halogens is 1. The quantitative estimate of drug-likeness (QED) is 0.884. The van der Waals surface area contributed by atoms with E-state index in [9.17, 15) is 14.3 Å². The van der Waals surface area contributed by atoms with E-state index in [4.69, 9.17) is 5.26 Å². The number of aromatic nitrogens is 1. The summed E-state index contributed by atoms with van der Waals surface area (Å²) in [6.07, 6.45) is 3.81. The molecule has 124 valence electrons. The van der Waals surface area contributed by atoms with Gasteiger partial charge in [-0.15, -0.1) is 0 Å². The van der Waals surface area contributed by atoms with Gasteiger partial charge in [0.25, 0.3) is 5.91 Å². The molecule has 1 aromatic carbocycles. The van der Waals surface area contributed by atoms with E-state index in [1.807, 2.05) is 19.1 Å². The fraction of sp³-hybridized carbons (Fsp3) is 0.278. The minimum Gasteiger partial charge on any atom is -0.394 e. The van der Waals surface area contributed by atoms with Gasteiger partial charge in [0.15, 0.2) is 0 Å². The van der Waals surface area contributed by atoms with Crippen molar-refractivity contribution in [3.63, 3.8) is 0 Å². The molecule has 2 aromatic rings. The van der Waals surface area contributed by atoms with E-state index in [0.29, 0.717) is 6.42 Å². The zero-order valence-corrected chi connectivity index (χ0v) is 13.3. The molecular formula is C18H18FN3O2. The van der Waals surface area contributed by atoms with Crippen molar-refractivity contribution < 1.29 is 14.3 Å². The molecule has 1 atom stereocenters. The first-order chi connectivity index (χ1) is 11.6. The number of nitrogens with zero attached hydrogens (tertiary/aromatic N) is 3. The maximum atomic E-state index is 13.6. The largest absolute Gasteiger partial charge is 0.394 e. The van der Waals surface area contributed by atoms with Crippen LogP contribution in [-0.2, 0) is 6.54 Å². The molecule has 0 saturated carbocycles. The van der Waals surface area contributed by atoms with Crippen molar-refractivity contribution in [1.29, 1.82) is 5.26 Å². The highest BCUT2D eigenvalue weighted by molar-refractivity contribution is 5.94. The summed E-state index contributed by atoms with van der Waals surface area (Å²) >= 11 is 0. The Morgan fingerprint density at radius 2 is 2.25 bits per heavy atom. The third-order valence-electron chi connectivity index (χ3n) is 3.73. The van der Waals surface area contributed by atoms with Crippen LogP contribution in [0.4, 0.5) is 4.39 Å². The fourth-order valence-electron chi connectivity index (χ4n) is 2.45. The number of nitriles is 1. The van der Waals surface area contributed by atoms with E-state index in [2.05, 4.69) is 4.98 Å². The first kappa shape index (κ1) is 17.6. The minimum atomic E-state index is -0.643. The molecule has 2 rings (SSSR count). The number of pyridine rings is 1. The summed E-state index contributed by atoms with van der Waals surface area (Å²) in [6.45, 7) is 1.89. The summed E-state index contributed by atoms with van der Waals surface area (Å²) in [7, 11) is 0. The number of rotatable bonds is 6. The molecule has 0 spiro atoms. The summed E-state index contributed by atoms with van der Waals surface area (Å²) < 4.78 is 13.6. The summed E-state index contributed by atoms with van der Waals surface area (Å²) in [5.74, 6) is -1.08. The van der Waals surface area contributed by atoms with Gasteiger partial charge in [-0.05, 0) is 36.2 Å². The lowest BCUT2D eigenvalue weighted by Crippen LogP contribution is -2.41. The van der Waals surface area contributed by atoms with Crippen LogP contribution in [-0.4, -0.2) is 33.5 Å².